The lowest BCUT2D eigenvalue weighted by molar-refractivity contribution is -0.161. The zero-order valence-electron chi connectivity index (χ0n) is 72.2. The van der Waals surface area contributed by atoms with Crippen molar-refractivity contribution in [2.45, 2.75) is 491 Å². The summed E-state index contributed by atoms with van der Waals surface area (Å²) < 4.78 is 69.0. The van der Waals surface area contributed by atoms with Crippen LogP contribution in [0.3, 0.4) is 0 Å². The molecule has 3 N–H and O–H groups in total. The number of esters is 4. The van der Waals surface area contributed by atoms with E-state index in [9.17, 15) is 43.2 Å². The second-order valence-corrected chi connectivity index (χ2v) is 36.5. The minimum Gasteiger partial charge on any atom is -0.462 e. The number of phosphoric acid groups is 2. The minimum atomic E-state index is -4.97. The fourth-order valence-corrected chi connectivity index (χ4v) is 15.5. The van der Waals surface area contributed by atoms with Crippen LogP contribution in [0.4, 0.5) is 0 Å². The van der Waals surface area contributed by atoms with Gasteiger partial charge in [-0.05, 0) is 49.4 Å². The quantitative estimate of drug-likeness (QED) is 0.0222. The predicted octanol–water partition coefficient (Wildman–Crippen LogP) is 27.5. The SMILES string of the molecule is CCC(C)CCCCCCCCCCCCCCCCCCCCC(=O)O[C@H](COC(=O)CCCCCCCCCCCCCCCCC(C)CC)COP(=O)(O)OC[C@@H](O)COP(=O)(O)OC[C@@H](COC(=O)CCCCCCCCC(C)CC)OC(=O)CCCCCCCCCCCCCCCCCCC(C)C. The smallest absolute Gasteiger partial charge is 0.462 e. The monoisotopic (exact) mass is 1590 g/mol. The van der Waals surface area contributed by atoms with Crippen molar-refractivity contribution in [1.29, 1.82) is 0 Å². The van der Waals surface area contributed by atoms with E-state index in [4.69, 9.17) is 37.0 Å². The Morgan fingerprint density at radius 3 is 0.651 bits per heavy atom. The number of aliphatic hydroxyl groups excluding tert-OH is 1. The maximum absolute atomic E-state index is 13.2. The van der Waals surface area contributed by atoms with Crippen LogP contribution in [0.15, 0.2) is 0 Å². The van der Waals surface area contributed by atoms with Gasteiger partial charge in [-0.3, -0.25) is 37.3 Å². The molecule has 0 saturated heterocycles. The summed E-state index contributed by atoms with van der Waals surface area (Å²) in [6.45, 7) is 14.4. The molecule has 19 heteroatoms. The molecule has 0 aromatic carbocycles. The molecule has 0 rings (SSSR count). The third kappa shape index (κ3) is 79.7. The molecule has 5 unspecified atom stereocenters. The van der Waals surface area contributed by atoms with Crippen LogP contribution in [0, 0.1) is 23.7 Å². The van der Waals surface area contributed by atoms with E-state index in [1.165, 1.54) is 270 Å². The van der Waals surface area contributed by atoms with Gasteiger partial charge in [0.2, 0.25) is 0 Å². The second-order valence-electron chi connectivity index (χ2n) is 33.5. The molecule has 0 aromatic heterocycles. The van der Waals surface area contributed by atoms with Crippen LogP contribution >= 0.6 is 15.6 Å². The number of hydrogen-bond donors (Lipinski definition) is 3. The van der Waals surface area contributed by atoms with E-state index in [-0.39, 0.29) is 25.7 Å². The molecular formula is C90H176O17P2. The normalized spacial score (nSPS) is 14.6. The van der Waals surface area contributed by atoms with Crippen LogP contribution in [0.25, 0.3) is 0 Å². The van der Waals surface area contributed by atoms with Crippen molar-refractivity contribution in [2.75, 3.05) is 39.6 Å². The Kier molecular flexibility index (Phi) is 77.2. The van der Waals surface area contributed by atoms with Crippen molar-refractivity contribution in [3.05, 3.63) is 0 Å². The molecule has 0 aliphatic heterocycles. The zero-order chi connectivity index (χ0) is 80.2. The van der Waals surface area contributed by atoms with Gasteiger partial charge in [-0.25, -0.2) is 9.13 Å². The lowest BCUT2D eigenvalue weighted by Crippen LogP contribution is -2.30. The largest absolute Gasteiger partial charge is 0.472 e. The van der Waals surface area contributed by atoms with Gasteiger partial charge in [-0.15, -0.1) is 0 Å². The Morgan fingerprint density at radius 2 is 0.440 bits per heavy atom. The summed E-state index contributed by atoms with van der Waals surface area (Å²) >= 11 is 0. The van der Waals surface area contributed by atoms with Crippen molar-refractivity contribution in [1.82, 2.24) is 0 Å². The summed E-state index contributed by atoms with van der Waals surface area (Å²) in [6, 6.07) is 0. The molecule has 0 aromatic rings. The van der Waals surface area contributed by atoms with Crippen molar-refractivity contribution in [2.24, 2.45) is 23.7 Å². The minimum absolute atomic E-state index is 0.107. The predicted molar refractivity (Wildman–Crippen MR) is 451 cm³/mol. The molecule has 0 aliphatic rings. The summed E-state index contributed by atoms with van der Waals surface area (Å²) in [7, 11) is -9.94. The van der Waals surface area contributed by atoms with Gasteiger partial charge in [-0.2, -0.15) is 0 Å². The molecule has 8 atom stereocenters. The highest BCUT2D eigenvalue weighted by Gasteiger charge is 2.31. The third-order valence-electron chi connectivity index (χ3n) is 22.2. The highest BCUT2D eigenvalue weighted by molar-refractivity contribution is 7.47. The first-order chi connectivity index (χ1) is 52.7. The van der Waals surface area contributed by atoms with Crippen LogP contribution in [-0.2, 0) is 65.4 Å². The number of phosphoric ester groups is 2. The first kappa shape index (κ1) is 107. The van der Waals surface area contributed by atoms with Crippen LogP contribution in [0.5, 0.6) is 0 Å². The van der Waals surface area contributed by atoms with Gasteiger partial charge in [0.25, 0.3) is 0 Å². The number of rotatable bonds is 87. The summed E-state index contributed by atoms with van der Waals surface area (Å²) in [5, 5.41) is 10.7. The molecular weight excluding hydrogens is 1410 g/mol. The average molecular weight is 1590 g/mol. The Balaban J connectivity index is 5.23. The Labute approximate surface area is 670 Å². The Bertz CT molecular complexity index is 2120. The molecule has 0 fully saturated rings. The molecule has 0 radical (unpaired) electrons. The number of hydrogen-bond acceptors (Lipinski definition) is 15. The maximum atomic E-state index is 13.2. The molecule has 17 nitrogen and oxygen atoms in total. The van der Waals surface area contributed by atoms with Crippen LogP contribution in [0.1, 0.15) is 473 Å². The number of ether oxygens (including phenoxy) is 4. The van der Waals surface area contributed by atoms with Gasteiger partial charge in [0, 0.05) is 25.7 Å². The number of aliphatic hydroxyl groups is 1. The van der Waals surface area contributed by atoms with Crippen LogP contribution < -0.4 is 0 Å². The molecule has 0 aliphatic carbocycles. The van der Waals surface area contributed by atoms with E-state index in [1.807, 2.05) is 0 Å². The third-order valence-corrected chi connectivity index (χ3v) is 24.1. The summed E-state index contributed by atoms with van der Waals surface area (Å²) in [6.07, 6.45) is 69.4. The Morgan fingerprint density at radius 1 is 0.257 bits per heavy atom. The average Bonchev–Trinajstić information content (AvgIpc) is 0.904. The molecule has 0 bridgehead atoms. The van der Waals surface area contributed by atoms with Crippen molar-refractivity contribution in [3.8, 4) is 0 Å². The van der Waals surface area contributed by atoms with Gasteiger partial charge < -0.3 is 33.8 Å². The van der Waals surface area contributed by atoms with Gasteiger partial charge in [-0.1, -0.05) is 421 Å². The van der Waals surface area contributed by atoms with Crippen LogP contribution in [-0.4, -0.2) is 96.7 Å². The molecule has 0 saturated carbocycles. The van der Waals surface area contributed by atoms with E-state index in [1.54, 1.807) is 0 Å². The van der Waals surface area contributed by atoms with E-state index in [2.05, 4.69) is 55.4 Å². The molecule has 0 heterocycles. The highest BCUT2D eigenvalue weighted by atomic mass is 31.2. The van der Waals surface area contributed by atoms with Crippen LogP contribution in [0.2, 0.25) is 0 Å². The van der Waals surface area contributed by atoms with Gasteiger partial charge in [0.15, 0.2) is 12.2 Å². The fourth-order valence-electron chi connectivity index (χ4n) is 13.9. The standard InChI is InChI=1S/C90H176O17P2/c1-9-81(6)67-59-51-43-37-31-25-19-14-12-13-15-20-28-34-40-46-56-64-72-89(94)106-85(76-100-87(92)70-62-54-45-39-33-27-23-22-26-32-38-44-52-60-68-82(7)10-2)78-104-108(96,97)102-74-84(91)75-103-109(98,99)105-79-86(77-101-88(93)71-63-55-49-48-53-61-69-83(8)11-3)107-90(95)73-65-57-47-41-35-29-21-17-16-18-24-30-36-42-50-58-66-80(4)5/h80-86,91H,9-79H2,1-8H3,(H,96,97)(H,98,99)/t81?,82?,83?,84-,85-,86-/m1/s1. The maximum Gasteiger partial charge on any atom is 0.472 e. The van der Waals surface area contributed by atoms with Crippen molar-refractivity contribution >= 4 is 39.5 Å². The zero-order valence-corrected chi connectivity index (χ0v) is 74.0. The van der Waals surface area contributed by atoms with Crippen molar-refractivity contribution < 1.29 is 80.2 Å². The van der Waals surface area contributed by atoms with E-state index in [0.29, 0.717) is 25.7 Å². The van der Waals surface area contributed by atoms with E-state index >= 15 is 0 Å². The van der Waals surface area contributed by atoms with Gasteiger partial charge in [0.05, 0.1) is 26.4 Å². The highest BCUT2D eigenvalue weighted by Crippen LogP contribution is 2.45. The molecule has 109 heavy (non-hydrogen) atoms. The van der Waals surface area contributed by atoms with Gasteiger partial charge >= 0.3 is 39.5 Å². The van der Waals surface area contributed by atoms with Crippen molar-refractivity contribution in [3.63, 3.8) is 0 Å². The summed E-state index contributed by atoms with van der Waals surface area (Å²) in [4.78, 5) is 73.4. The van der Waals surface area contributed by atoms with E-state index < -0.39 is 97.5 Å². The topological polar surface area (TPSA) is 237 Å². The molecule has 648 valence electrons. The second kappa shape index (κ2) is 78.6. The van der Waals surface area contributed by atoms with E-state index in [0.717, 1.165) is 120 Å². The molecule has 0 amide bonds. The molecule has 0 spiro atoms. The fraction of sp³-hybridized carbons (Fsp3) is 0.956. The first-order valence-corrected chi connectivity index (χ1v) is 49.3. The number of carbonyl (C=O) groups is 4. The number of unbranched alkanes of at least 4 members (excludes halogenated alkanes) is 50. The summed E-state index contributed by atoms with van der Waals surface area (Å²) in [5.41, 5.74) is 0. The van der Waals surface area contributed by atoms with Gasteiger partial charge in [0.1, 0.15) is 19.3 Å². The lowest BCUT2D eigenvalue weighted by Gasteiger charge is -2.21. The first-order valence-electron chi connectivity index (χ1n) is 46.3. The lowest BCUT2D eigenvalue weighted by atomic mass is 9.99. The summed E-state index contributed by atoms with van der Waals surface area (Å²) in [5.74, 6) is 1.16. The number of carbonyl (C=O) groups excluding carboxylic acids is 4. The Hall–Kier alpha value is -1.94.